The van der Waals surface area contributed by atoms with Crippen molar-refractivity contribution in [2.75, 3.05) is 12.8 Å². The number of nitrogen functional groups attached to an aromatic ring is 1. The standard InChI is InChI=1S/C12H14N4O/c1-3-9-6-10(16-12(13)15-9)8-4-5-11(17-2)14-7-8/h4-7H,3H2,1-2H3,(H2,13,15,16). The molecule has 0 radical (unpaired) electrons. The first kappa shape index (κ1) is 11.3. The Morgan fingerprint density at radius 1 is 1.29 bits per heavy atom. The van der Waals surface area contributed by atoms with Crippen LogP contribution in [0.2, 0.25) is 0 Å². The lowest BCUT2D eigenvalue weighted by molar-refractivity contribution is 0.398. The molecule has 0 spiro atoms. The zero-order valence-corrected chi connectivity index (χ0v) is 9.84. The predicted octanol–water partition coefficient (Wildman–Crippen LogP) is 1.69. The van der Waals surface area contributed by atoms with Crippen molar-refractivity contribution >= 4 is 5.95 Å². The Hall–Kier alpha value is -2.17. The second-order valence-corrected chi connectivity index (χ2v) is 3.55. The molecule has 2 aromatic rings. The maximum absolute atomic E-state index is 5.66. The van der Waals surface area contributed by atoms with Crippen LogP contribution in [-0.4, -0.2) is 22.1 Å². The van der Waals surface area contributed by atoms with Crippen molar-refractivity contribution in [1.29, 1.82) is 0 Å². The minimum atomic E-state index is 0.287. The molecule has 2 aromatic heterocycles. The normalized spacial score (nSPS) is 10.2. The van der Waals surface area contributed by atoms with Gasteiger partial charge in [-0.15, -0.1) is 0 Å². The Morgan fingerprint density at radius 3 is 2.71 bits per heavy atom. The molecule has 2 rings (SSSR count). The highest BCUT2D eigenvalue weighted by molar-refractivity contribution is 5.59. The fourth-order valence-corrected chi connectivity index (χ4v) is 1.50. The van der Waals surface area contributed by atoms with Crippen LogP contribution in [0.25, 0.3) is 11.3 Å². The van der Waals surface area contributed by atoms with Crippen molar-refractivity contribution in [3.63, 3.8) is 0 Å². The lowest BCUT2D eigenvalue weighted by atomic mass is 10.1. The van der Waals surface area contributed by atoms with Crippen molar-refractivity contribution in [2.24, 2.45) is 0 Å². The molecule has 0 amide bonds. The van der Waals surface area contributed by atoms with E-state index in [-0.39, 0.29) is 5.95 Å². The van der Waals surface area contributed by atoms with Gasteiger partial charge < -0.3 is 10.5 Å². The van der Waals surface area contributed by atoms with Gasteiger partial charge in [-0.2, -0.15) is 0 Å². The maximum Gasteiger partial charge on any atom is 0.220 e. The van der Waals surface area contributed by atoms with Crippen molar-refractivity contribution in [2.45, 2.75) is 13.3 Å². The summed E-state index contributed by atoms with van der Waals surface area (Å²) >= 11 is 0. The van der Waals surface area contributed by atoms with Crippen molar-refractivity contribution < 1.29 is 4.74 Å². The number of aromatic nitrogens is 3. The molecule has 88 valence electrons. The Labute approximate surface area is 99.7 Å². The van der Waals surface area contributed by atoms with Crippen LogP contribution in [0.5, 0.6) is 5.88 Å². The second kappa shape index (κ2) is 4.78. The molecule has 0 bridgehead atoms. The summed E-state index contributed by atoms with van der Waals surface area (Å²) in [6.07, 6.45) is 2.53. The number of ether oxygens (including phenoxy) is 1. The number of hydrogen-bond acceptors (Lipinski definition) is 5. The van der Waals surface area contributed by atoms with Gasteiger partial charge in [0.2, 0.25) is 11.8 Å². The van der Waals surface area contributed by atoms with Gasteiger partial charge in [0, 0.05) is 23.5 Å². The van der Waals surface area contributed by atoms with Gasteiger partial charge in [-0.25, -0.2) is 15.0 Å². The lowest BCUT2D eigenvalue weighted by Gasteiger charge is -2.05. The predicted molar refractivity (Wildman–Crippen MR) is 65.6 cm³/mol. The van der Waals surface area contributed by atoms with Crippen LogP contribution in [-0.2, 0) is 6.42 Å². The summed E-state index contributed by atoms with van der Waals surface area (Å²) in [6, 6.07) is 5.60. The molecule has 5 heteroatoms. The average molecular weight is 230 g/mol. The van der Waals surface area contributed by atoms with E-state index in [2.05, 4.69) is 15.0 Å². The number of rotatable bonds is 3. The third-order valence-electron chi connectivity index (χ3n) is 2.40. The number of methoxy groups -OCH3 is 1. The van der Waals surface area contributed by atoms with E-state index in [0.717, 1.165) is 23.4 Å². The van der Waals surface area contributed by atoms with E-state index in [0.29, 0.717) is 5.88 Å². The van der Waals surface area contributed by atoms with Crippen LogP contribution in [0.3, 0.4) is 0 Å². The number of nitrogens with two attached hydrogens (primary N) is 1. The molecule has 2 N–H and O–H groups in total. The van der Waals surface area contributed by atoms with Gasteiger partial charge in [0.1, 0.15) is 0 Å². The SMILES string of the molecule is CCc1cc(-c2ccc(OC)nc2)nc(N)n1. The third kappa shape index (κ3) is 2.50. The molecular weight excluding hydrogens is 216 g/mol. The molecule has 0 aliphatic rings. The fraction of sp³-hybridized carbons (Fsp3) is 0.250. The van der Waals surface area contributed by atoms with Crippen molar-refractivity contribution in [3.8, 4) is 17.1 Å². The molecule has 0 aromatic carbocycles. The molecule has 0 saturated carbocycles. The number of pyridine rings is 1. The molecule has 0 saturated heterocycles. The van der Waals surface area contributed by atoms with Crippen LogP contribution in [0.4, 0.5) is 5.95 Å². The van der Waals surface area contributed by atoms with E-state index in [1.807, 2.05) is 19.1 Å². The van der Waals surface area contributed by atoms with E-state index in [1.54, 1.807) is 19.4 Å². The van der Waals surface area contributed by atoms with Crippen LogP contribution in [0.1, 0.15) is 12.6 Å². The summed E-state index contributed by atoms with van der Waals surface area (Å²) in [5, 5.41) is 0. The number of aryl methyl sites for hydroxylation is 1. The van der Waals surface area contributed by atoms with E-state index in [1.165, 1.54) is 0 Å². The highest BCUT2D eigenvalue weighted by Gasteiger charge is 2.04. The summed E-state index contributed by atoms with van der Waals surface area (Å²) in [7, 11) is 1.58. The van der Waals surface area contributed by atoms with Gasteiger partial charge in [-0.05, 0) is 18.6 Å². The van der Waals surface area contributed by atoms with Crippen LogP contribution in [0.15, 0.2) is 24.4 Å². The number of nitrogens with zero attached hydrogens (tertiary/aromatic N) is 3. The smallest absolute Gasteiger partial charge is 0.220 e. The minimum absolute atomic E-state index is 0.287. The van der Waals surface area contributed by atoms with E-state index < -0.39 is 0 Å². The summed E-state index contributed by atoms with van der Waals surface area (Å²) in [6.45, 7) is 2.03. The zero-order chi connectivity index (χ0) is 12.3. The summed E-state index contributed by atoms with van der Waals surface area (Å²) in [5.41, 5.74) is 8.26. The molecule has 5 nitrogen and oxygen atoms in total. The highest BCUT2D eigenvalue weighted by atomic mass is 16.5. The van der Waals surface area contributed by atoms with E-state index >= 15 is 0 Å². The number of anilines is 1. The lowest BCUT2D eigenvalue weighted by Crippen LogP contribution is -2.00. The summed E-state index contributed by atoms with van der Waals surface area (Å²) in [5.74, 6) is 0.863. The van der Waals surface area contributed by atoms with Gasteiger partial charge in [-0.3, -0.25) is 0 Å². The minimum Gasteiger partial charge on any atom is -0.481 e. The Bertz CT molecular complexity index is 510. The summed E-state index contributed by atoms with van der Waals surface area (Å²) in [4.78, 5) is 12.5. The quantitative estimate of drug-likeness (QED) is 0.868. The largest absolute Gasteiger partial charge is 0.481 e. The molecule has 0 unspecified atom stereocenters. The first-order chi connectivity index (χ1) is 8.22. The fourth-order valence-electron chi connectivity index (χ4n) is 1.50. The van der Waals surface area contributed by atoms with Crippen LogP contribution >= 0.6 is 0 Å². The summed E-state index contributed by atoms with van der Waals surface area (Å²) < 4.78 is 5.01. The van der Waals surface area contributed by atoms with Crippen LogP contribution in [0, 0.1) is 0 Å². The first-order valence-electron chi connectivity index (χ1n) is 5.36. The monoisotopic (exact) mass is 230 g/mol. The van der Waals surface area contributed by atoms with Gasteiger partial charge >= 0.3 is 0 Å². The van der Waals surface area contributed by atoms with Gasteiger partial charge in [0.25, 0.3) is 0 Å². The van der Waals surface area contributed by atoms with Gasteiger partial charge in [0.15, 0.2) is 0 Å². The Morgan fingerprint density at radius 2 is 2.12 bits per heavy atom. The van der Waals surface area contributed by atoms with Crippen molar-refractivity contribution in [1.82, 2.24) is 15.0 Å². The average Bonchev–Trinajstić information content (AvgIpc) is 2.38. The van der Waals surface area contributed by atoms with E-state index in [9.17, 15) is 0 Å². The third-order valence-corrected chi connectivity index (χ3v) is 2.40. The topological polar surface area (TPSA) is 73.9 Å². The molecule has 17 heavy (non-hydrogen) atoms. The van der Waals surface area contributed by atoms with Gasteiger partial charge in [-0.1, -0.05) is 6.92 Å². The molecule has 0 aliphatic heterocycles. The second-order valence-electron chi connectivity index (χ2n) is 3.55. The molecule has 0 fully saturated rings. The molecule has 0 aliphatic carbocycles. The molecule has 0 atom stereocenters. The zero-order valence-electron chi connectivity index (χ0n) is 9.84. The Kier molecular flexibility index (Phi) is 3.18. The van der Waals surface area contributed by atoms with Gasteiger partial charge in [0.05, 0.1) is 12.8 Å². The molecular formula is C12H14N4O. The van der Waals surface area contributed by atoms with Crippen LogP contribution < -0.4 is 10.5 Å². The highest BCUT2D eigenvalue weighted by Crippen LogP contribution is 2.19. The molecule has 2 heterocycles. The first-order valence-corrected chi connectivity index (χ1v) is 5.36. The number of hydrogen-bond donors (Lipinski definition) is 1. The maximum atomic E-state index is 5.66. The Balaban J connectivity index is 2.41. The van der Waals surface area contributed by atoms with Crippen molar-refractivity contribution in [3.05, 3.63) is 30.1 Å². The van der Waals surface area contributed by atoms with E-state index in [4.69, 9.17) is 10.5 Å².